The van der Waals surface area contributed by atoms with E-state index in [2.05, 4.69) is 4.98 Å². The fourth-order valence-corrected chi connectivity index (χ4v) is 3.02. The van der Waals surface area contributed by atoms with Crippen molar-refractivity contribution in [3.05, 3.63) is 61.0 Å². The van der Waals surface area contributed by atoms with E-state index in [-0.39, 0.29) is 28.5 Å². The van der Waals surface area contributed by atoms with Gasteiger partial charge in [0.05, 0.1) is 17.9 Å². The first-order valence-electron chi connectivity index (χ1n) is 6.90. The van der Waals surface area contributed by atoms with Gasteiger partial charge in [0, 0.05) is 24.7 Å². The second-order valence-electron chi connectivity index (χ2n) is 5.30. The summed E-state index contributed by atoms with van der Waals surface area (Å²) in [5.41, 5.74) is -0.303. The average Bonchev–Trinajstić information content (AvgIpc) is 2.94. The van der Waals surface area contributed by atoms with Crippen molar-refractivity contribution in [1.82, 2.24) is 18.7 Å². The Morgan fingerprint density at radius 1 is 1.17 bits per heavy atom. The highest BCUT2D eigenvalue weighted by atomic mass is 35.5. The fourth-order valence-electron chi connectivity index (χ4n) is 2.51. The van der Waals surface area contributed by atoms with Crippen LogP contribution in [0.1, 0.15) is 10.4 Å². The first-order valence-corrected chi connectivity index (χ1v) is 7.66. The van der Waals surface area contributed by atoms with Crippen LogP contribution < -0.4 is 11.2 Å². The molecular formula is C15H12Cl2N4O3. The number of ketones is 1. The lowest BCUT2D eigenvalue weighted by atomic mass is 10.1. The largest absolute Gasteiger partial charge is 0.332 e. The van der Waals surface area contributed by atoms with Gasteiger partial charge in [-0.25, -0.2) is 9.78 Å². The first-order chi connectivity index (χ1) is 11.3. The standard InChI is InChI=1S/C15H12Cl2N4O3/c1-19-13-12(14(23)20(2)15(19)24)18-7-21(13)6-11(22)9-4-3-8(16)5-10(9)17/h3-5,7H,6H2,1-2H3. The molecule has 0 saturated heterocycles. The van der Waals surface area contributed by atoms with Gasteiger partial charge in [-0.2, -0.15) is 0 Å². The van der Waals surface area contributed by atoms with Crippen LogP contribution in [0.2, 0.25) is 10.0 Å². The van der Waals surface area contributed by atoms with E-state index in [0.29, 0.717) is 10.6 Å². The number of halogens is 2. The van der Waals surface area contributed by atoms with Crippen LogP contribution in [-0.2, 0) is 20.6 Å². The lowest BCUT2D eigenvalue weighted by Crippen LogP contribution is -2.37. The maximum Gasteiger partial charge on any atom is 0.332 e. The van der Waals surface area contributed by atoms with E-state index in [1.807, 2.05) is 0 Å². The number of imidazole rings is 1. The third-order valence-electron chi connectivity index (χ3n) is 3.75. The van der Waals surface area contributed by atoms with Crippen LogP contribution in [0.5, 0.6) is 0 Å². The van der Waals surface area contributed by atoms with Gasteiger partial charge in [-0.05, 0) is 18.2 Å². The number of nitrogens with zero attached hydrogens (tertiary/aromatic N) is 4. The van der Waals surface area contributed by atoms with Gasteiger partial charge in [0.15, 0.2) is 11.3 Å². The summed E-state index contributed by atoms with van der Waals surface area (Å²) in [5, 5.41) is 0.664. The molecule has 3 aromatic rings. The minimum Gasteiger partial charge on any atom is -0.309 e. The second kappa shape index (κ2) is 5.92. The molecule has 2 aromatic heterocycles. The Balaban J connectivity index is 2.10. The molecule has 124 valence electrons. The van der Waals surface area contributed by atoms with Crippen LogP contribution in [0.25, 0.3) is 11.2 Å². The van der Waals surface area contributed by atoms with Crippen molar-refractivity contribution in [3.63, 3.8) is 0 Å². The van der Waals surface area contributed by atoms with Gasteiger partial charge in [0.1, 0.15) is 5.65 Å². The number of carbonyl (C=O) groups is 1. The number of hydrogen-bond acceptors (Lipinski definition) is 4. The van der Waals surface area contributed by atoms with E-state index in [1.165, 1.54) is 41.7 Å². The van der Waals surface area contributed by atoms with Gasteiger partial charge >= 0.3 is 5.69 Å². The topological polar surface area (TPSA) is 78.9 Å². The SMILES string of the molecule is Cn1c(=O)c2ncn(CC(=O)c3ccc(Cl)cc3Cl)c2n(C)c1=O. The van der Waals surface area contributed by atoms with Crippen LogP contribution in [0.4, 0.5) is 0 Å². The van der Waals surface area contributed by atoms with Gasteiger partial charge in [0.25, 0.3) is 5.56 Å². The molecule has 7 nitrogen and oxygen atoms in total. The molecule has 0 N–H and O–H groups in total. The molecule has 0 aliphatic rings. The van der Waals surface area contributed by atoms with Crippen molar-refractivity contribution in [2.45, 2.75) is 6.54 Å². The fraction of sp³-hybridized carbons (Fsp3) is 0.200. The maximum atomic E-state index is 12.5. The normalized spacial score (nSPS) is 11.2. The minimum atomic E-state index is -0.510. The van der Waals surface area contributed by atoms with Gasteiger partial charge in [0.2, 0.25) is 0 Å². The number of carbonyl (C=O) groups excluding carboxylic acids is 1. The molecule has 0 radical (unpaired) electrons. The van der Waals surface area contributed by atoms with Gasteiger partial charge in [-0.1, -0.05) is 23.2 Å². The van der Waals surface area contributed by atoms with Crippen molar-refractivity contribution in [2.24, 2.45) is 14.1 Å². The molecule has 3 rings (SSSR count). The molecule has 0 saturated carbocycles. The number of hydrogen-bond donors (Lipinski definition) is 0. The lowest BCUT2D eigenvalue weighted by Gasteiger charge is -2.09. The minimum absolute atomic E-state index is 0.113. The number of fused-ring (bicyclic) bond motifs is 1. The highest BCUT2D eigenvalue weighted by Crippen LogP contribution is 2.22. The predicted molar refractivity (Wildman–Crippen MR) is 91.0 cm³/mol. The lowest BCUT2D eigenvalue weighted by molar-refractivity contribution is 0.0973. The third-order valence-corrected chi connectivity index (χ3v) is 4.30. The molecular weight excluding hydrogens is 355 g/mol. The van der Waals surface area contributed by atoms with Crippen LogP contribution >= 0.6 is 23.2 Å². The highest BCUT2D eigenvalue weighted by molar-refractivity contribution is 6.36. The monoisotopic (exact) mass is 366 g/mol. The Hall–Kier alpha value is -2.38. The summed E-state index contributed by atoms with van der Waals surface area (Å²) < 4.78 is 3.70. The van der Waals surface area contributed by atoms with Crippen LogP contribution in [0.3, 0.4) is 0 Å². The van der Waals surface area contributed by atoms with Crippen LogP contribution in [-0.4, -0.2) is 24.5 Å². The van der Waals surface area contributed by atoms with E-state index < -0.39 is 11.2 Å². The molecule has 2 heterocycles. The van der Waals surface area contributed by atoms with E-state index in [4.69, 9.17) is 23.2 Å². The number of Topliss-reactive ketones (excluding diaryl/α,β-unsaturated/α-hetero) is 1. The zero-order valence-electron chi connectivity index (χ0n) is 12.8. The van der Waals surface area contributed by atoms with E-state index in [0.717, 1.165) is 4.57 Å². The number of aryl methyl sites for hydroxylation is 1. The first kappa shape index (κ1) is 16.5. The predicted octanol–water partition coefficient (Wildman–Crippen LogP) is 1.62. The zero-order valence-corrected chi connectivity index (χ0v) is 14.3. The molecule has 24 heavy (non-hydrogen) atoms. The molecule has 0 unspecified atom stereocenters. The van der Waals surface area contributed by atoms with Crippen LogP contribution in [0, 0.1) is 0 Å². The Morgan fingerprint density at radius 2 is 1.88 bits per heavy atom. The Kier molecular flexibility index (Phi) is 4.06. The Bertz CT molecular complexity index is 1090. The summed E-state index contributed by atoms with van der Waals surface area (Å²) >= 11 is 11.9. The van der Waals surface area contributed by atoms with Crippen LogP contribution in [0.15, 0.2) is 34.1 Å². The summed E-state index contributed by atoms with van der Waals surface area (Å²) in [6.45, 7) is -0.113. The summed E-state index contributed by atoms with van der Waals surface area (Å²) in [4.78, 5) is 40.7. The van der Waals surface area contributed by atoms with E-state index in [9.17, 15) is 14.4 Å². The second-order valence-corrected chi connectivity index (χ2v) is 6.14. The van der Waals surface area contributed by atoms with E-state index >= 15 is 0 Å². The third kappa shape index (κ3) is 2.55. The van der Waals surface area contributed by atoms with Gasteiger partial charge < -0.3 is 4.57 Å². The van der Waals surface area contributed by atoms with Gasteiger partial charge in [-0.15, -0.1) is 0 Å². The average molecular weight is 367 g/mol. The molecule has 1 aromatic carbocycles. The van der Waals surface area contributed by atoms with Crippen molar-refractivity contribution < 1.29 is 4.79 Å². The molecule has 0 atom stereocenters. The number of benzene rings is 1. The quantitative estimate of drug-likeness (QED) is 0.659. The van der Waals surface area contributed by atoms with Crippen molar-refractivity contribution in [1.29, 1.82) is 0 Å². The van der Waals surface area contributed by atoms with Crippen molar-refractivity contribution in [3.8, 4) is 0 Å². The Labute approximate surface area is 145 Å². The number of aromatic nitrogens is 4. The highest BCUT2D eigenvalue weighted by Gasteiger charge is 2.17. The summed E-state index contributed by atoms with van der Waals surface area (Å²) in [5.74, 6) is -0.288. The molecule has 9 heteroatoms. The maximum absolute atomic E-state index is 12.5. The zero-order chi connectivity index (χ0) is 17.6. The summed E-state index contributed by atoms with van der Waals surface area (Å²) in [7, 11) is 2.89. The Morgan fingerprint density at radius 3 is 2.54 bits per heavy atom. The number of rotatable bonds is 3. The molecule has 0 amide bonds. The van der Waals surface area contributed by atoms with Crippen molar-refractivity contribution in [2.75, 3.05) is 0 Å². The molecule has 0 spiro atoms. The summed E-state index contributed by atoms with van der Waals surface area (Å²) in [6, 6.07) is 4.58. The van der Waals surface area contributed by atoms with Gasteiger partial charge in [-0.3, -0.25) is 18.7 Å². The smallest absolute Gasteiger partial charge is 0.309 e. The molecule has 0 bridgehead atoms. The molecule has 0 fully saturated rings. The molecule has 0 aliphatic carbocycles. The van der Waals surface area contributed by atoms with E-state index in [1.54, 1.807) is 6.07 Å². The molecule has 0 aliphatic heterocycles. The van der Waals surface area contributed by atoms with Crippen molar-refractivity contribution >= 4 is 40.1 Å². The summed E-state index contributed by atoms with van der Waals surface area (Å²) in [6.07, 6.45) is 1.35.